The Morgan fingerprint density at radius 3 is 2.50 bits per heavy atom. The molecular weight excluding hydrogens is 218 g/mol. The highest BCUT2D eigenvalue weighted by molar-refractivity contribution is 5.07. The van der Waals surface area contributed by atoms with E-state index in [0.29, 0.717) is 0 Å². The van der Waals surface area contributed by atoms with Gasteiger partial charge in [0.05, 0.1) is 0 Å². The number of nitrogens with one attached hydrogen (secondary N) is 1. The summed E-state index contributed by atoms with van der Waals surface area (Å²) < 4.78 is 0. The first kappa shape index (κ1) is 12.7. The Bertz CT molecular complexity index is 289. The van der Waals surface area contributed by atoms with Gasteiger partial charge >= 0.3 is 0 Å². The second-order valence-corrected chi connectivity index (χ2v) is 6.94. The molecule has 2 saturated carbocycles. The summed E-state index contributed by atoms with van der Waals surface area (Å²) >= 11 is 0. The van der Waals surface area contributed by atoms with Crippen LogP contribution in [-0.2, 0) is 0 Å². The van der Waals surface area contributed by atoms with Crippen LogP contribution in [0.15, 0.2) is 11.6 Å². The molecule has 1 N–H and O–H groups in total. The molecule has 0 bridgehead atoms. The van der Waals surface area contributed by atoms with Gasteiger partial charge in [-0.25, -0.2) is 0 Å². The molecule has 3 rings (SSSR count). The zero-order valence-corrected chi connectivity index (χ0v) is 11.8. The Hall–Kier alpha value is -0.300. The Labute approximate surface area is 112 Å². The summed E-state index contributed by atoms with van der Waals surface area (Å²) in [6.45, 7) is 1.23. The van der Waals surface area contributed by atoms with Crippen LogP contribution in [0.5, 0.6) is 0 Å². The molecule has 0 radical (unpaired) electrons. The van der Waals surface area contributed by atoms with Crippen molar-refractivity contribution in [3.05, 3.63) is 11.6 Å². The van der Waals surface area contributed by atoms with Crippen molar-refractivity contribution in [2.24, 2.45) is 5.41 Å². The van der Waals surface area contributed by atoms with Gasteiger partial charge < -0.3 is 5.32 Å². The number of hydrogen-bond donors (Lipinski definition) is 1. The third-order valence-electron chi connectivity index (χ3n) is 5.72. The van der Waals surface area contributed by atoms with Gasteiger partial charge in [-0.2, -0.15) is 0 Å². The van der Waals surface area contributed by atoms with E-state index in [4.69, 9.17) is 0 Å². The fourth-order valence-electron chi connectivity index (χ4n) is 4.46. The quantitative estimate of drug-likeness (QED) is 0.717. The molecular formula is C17H29N. The topological polar surface area (TPSA) is 12.0 Å². The summed E-state index contributed by atoms with van der Waals surface area (Å²) in [7, 11) is 0. The van der Waals surface area contributed by atoms with Crippen molar-refractivity contribution >= 4 is 0 Å². The Morgan fingerprint density at radius 1 is 1.06 bits per heavy atom. The molecule has 1 nitrogen and oxygen atoms in total. The molecule has 2 fully saturated rings. The molecule has 0 unspecified atom stereocenters. The third kappa shape index (κ3) is 2.99. The Balaban J connectivity index is 1.35. The number of allylic oxidation sites excluding steroid dienone is 1. The van der Waals surface area contributed by atoms with Gasteiger partial charge in [-0.3, -0.25) is 0 Å². The molecule has 102 valence electrons. The molecule has 3 aliphatic rings. The predicted molar refractivity (Wildman–Crippen MR) is 77.7 cm³/mol. The minimum atomic E-state index is 0.798. The minimum absolute atomic E-state index is 0.798. The molecule has 0 saturated heterocycles. The lowest BCUT2D eigenvalue weighted by Gasteiger charge is -2.37. The van der Waals surface area contributed by atoms with Crippen molar-refractivity contribution in [2.75, 3.05) is 6.54 Å². The van der Waals surface area contributed by atoms with E-state index in [-0.39, 0.29) is 0 Å². The summed E-state index contributed by atoms with van der Waals surface area (Å²) in [6, 6.07) is 0.832. The summed E-state index contributed by atoms with van der Waals surface area (Å²) in [4.78, 5) is 0. The van der Waals surface area contributed by atoms with Crippen molar-refractivity contribution in [3.63, 3.8) is 0 Å². The van der Waals surface area contributed by atoms with E-state index in [1.54, 1.807) is 5.57 Å². The second kappa shape index (κ2) is 5.77. The zero-order chi connectivity index (χ0) is 12.3. The predicted octanol–water partition coefficient (Wildman–Crippen LogP) is 4.58. The first-order valence-corrected chi connectivity index (χ1v) is 8.28. The van der Waals surface area contributed by atoms with E-state index in [1.165, 1.54) is 83.6 Å². The summed E-state index contributed by atoms with van der Waals surface area (Å²) in [5.41, 5.74) is 2.51. The number of hydrogen-bond acceptors (Lipinski definition) is 1. The highest BCUT2D eigenvalue weighted by Gasteiger charge is 2.37. The molecule has 0 aromatic rings. The maximum absolute atomic E-state index is 3.81. The maximum Gasteiger partial charge on any atom is 0.00675 e. The van der Waals surface area contributed by atoms with Gasteiger partial charge in [0, 0.05) is 6.04 Å². The van der Waals surface area contributed by atoms with Gasteiger partial charge in [0.15, 0.2) is 0 Å². The zero-order valence-electron chi connectivity index (χ0n) is 11.8. The molecule has 1 spiro atoms. The van der Waals surface area contributed by atoms with E-state index in [9.17, 15) is 0 Å². The molecule has 0 heterocycles. The Kier molecular flexibility index (Phi) is 4.08. The van der Waals surface area contributed by atoms with Crippen LogP contribution >= 0.6 is 0 Å². The third-order valence-corrected chi connectivity index (χ3v) is 5.72. The highest BCUT2D eigenvalue weighted by Crippen LogP contribution is 2.48. The average Bonchev–Trinajstić information content (AvgIpc) is 3.04. The first-order chi connectivity index (χ1) is 8.86. The lowest BCUT2D eigenvalue weighted by molar-refractivity contribution is 0.169. The molecule has 0 atom stereocenters. The van der Waals surface area contributed by atoms with Crippen molar-refractivity contribution in [3.8, 4) is 0 Å². The minimum Gasteiger partial charge on any atom is -0.314 e. The number of rotatable bonds is 4. The molecule has 18 heavy (non-hydrogen) atoms. The van der Waals surface area contributed by atoms with Crippen LogP contribution in [0.1, 0.15) is 77.0 Å². The van der Waals surface area contributed by atoms with E-state index < -0.39 is 0 Å². The van der Waals surface area contributed by atoms with E-state index >= 15 is 0 Å². The second-order valence-electron chi connectivity index (χ2n) is 6.94. The smallest absolute Gasteiger partial charge is 0.00675 e. The standard InChI is InChI=1S/C17H29N/c1-2-6-15(5-1)9-14-18-16-7-12-17(13-8-16)10-3-4-11-17/h5,16,18H,1-4,6-14H2. The van der Waals surface area contributed by atoms with Crippen molar-refractivity contribution in [1.82, 2.24) is 5.32 Å². The van der Waals surface area contributed by atoms with Gasteiger partial charge in [-0.05, 0) is 76.2 Å². The Morgan fingerprint density at radius 2 is 1.83 bits per heavy atom. The van der Waals surface area contributed by atoms with Gasteiger partial charge in [-0.1, -0.05) is 24.5 Å². The summed E-state index contributed by atoms with van der Waals surface area (Å²) in [6.07, 6.45) is 19.9. The van der Waals surface area contributed by atoms with Crippen LogP contribution in [0.3, 0.4) is 0 Å². The van der Waals surface area contributed by atoms with Crippen LogP contribution < -0.4 is 5.32 Å². The molecule has 1 heteroatoms. The summed E-state index contributed by atoms with van der Waals surface area (Å²) in [5, 5.41) is 3.81. The van der Waals surface area contributed by atoms with Gasteiger partial charge in [0.1, 0.15) is 0 Å². The lowest BCUT2D eigenvalue weighted by atomic mass is 9.71. The fourth-order valence-corrected chi connectivity index (χ4v) is 4.46. The highest BCUT2D eigenvalue weighted by atomic mass is 14.9. The molecule has 0 amide bonds. The molecule has 3 aliphatic carbocycles. The fraction of sp³-hybridized carbons (Fsp3) is 0.882. The first-order valence-electron chi connectivity index (χ1n) is 8.28. The summed E-state index contributed by atoms with van der Waals surface area (Å²) in [5.74, 6) is 0. The van der Waals surface area contributed by atoms with E-state index in [1.807, 2.05) is 0 Å². The van der Waals surface area contributed by atoms with Crippen molar-refractivity contribution in [2.45, 2.75) is 83.1 Å². The monoisotopic (exact) mass is 247 g/mol. The van der Waals surface area contributed by atoms with Crippen molar-refractivity contribution in [1.29, 1.82) is 0 Å². The molecule has 0 aromatic heterocycles. The molecule has 0 aliphatic heterocycles. The van der Waals surface area contributed by atoms with Crippen LogP contribution in [0.4, 0.5) is 0 Å². The van der Waals surface area contributed by atoms with Crippen molar-refractivity contribution < 1.29 is 0 Å². The normalized spacial score (nSPS) is 27.9. The lowest BCUT2D eigenvalue weighted by Crippen LogP contribution is -2.37. The van der Waals surface area contributed by atoms with E-state index in [0.717, 1.165) is 11.5 Å². The van der Waals surface area contributed by atoms with Crippen LogP contribution in [-0.4, -0.2) is 12.6 Å². The average molecular weight is 247 g/mol. The maximum atomic E-state index is 3.81. The van der Waals surface area contributed by atoms with Crippen LogP contribution in [0.2, 0.25) is 0 Å². The van der Waals surface area contributed by atoms with Gasteiger partial charge in [0.2, 0.25) is 0 Å². The van der Waals surface area contributed by atoms with Crippen LogP contribution in [0.25, 0.3) is 0 Å². The largest absolute Gasteiger partial charge is 0.314 e. The van der Waals surface area contributed by atoms with Gasteiger partial charge in [0.25, 0.3) is 0 Å². The SMILES string of the molecule is C1=C(CCNC2CCC3(CCCC3)CC2)CCC1. The molecule has 0 aromatic carbocycles. The van der Waals surface area contributed by atoms with Crippen LogP contribution in [0, 0.1) is 5.41 Å². The van der Waals surface area contributed by atoms with E-state index in [2.05, 4.69) is 11.4 Å². The van der Waals surface area contributed by atoms with Gasteiger partial charge in [-0.15, -0.1) is 0 Å².